The summed E-state index contributed by atoms with van der Waals surface area (Å²) in [6.07, 6.45) is 0.688. The van der Waals surface area contributed by atoms with Gasteiger partial charge in [-0.25, -0.2) is 4.79 Å². The van der Waals surface area contributed by atoms with Crippen molar-refractivity contribution in [1.29, 1.82) is 0 Å². The van der Waals surface area contributed by atoms with Crippen LogP contribution in [0.25, 0.3) is 0 Å². The van der Waals surface area contributed by atoms with Gasteiger partial charge in [0.15, 0.2) is 0 Å². The Kier molecular flexibility index (Phi) is 13.1. The van der Waals surface area contributed by atoms with Crippen LogP contribution in [-0.2, 0) is 30.4 Å². The molecule has 0 aliphatic heterocycles. The van der Waals surface area contributed by atoms with E-state index in [-0.39, 0.29) is 12.8 Å². The predicted molar refractivity (Wildman–Crippen MR) is 132 cm³/mol. The van der Waals surface area contributed by atoms with Crippen molar-refractivity contribution >= 4 is 29.7 Å². The number of nitrogens with two attached hydrogens (primary N) is 2. The van der Waals surface area contributed by atoms with E-state index in [1.807, 2.05) is 0 Å². The largest absolute Gasteiger partial charge is 0.481 e. The van der Waals surface area contributed by atoms with Gasteiger partial charge >= 0.3 is 11.9 Å². The third-order valence-corrected chi connectivity index (χ3v) is 5.46. The van der Waals surface area contributed by atoms with Crippen LogP contribution in [0.5, 0.6) is 0 Å². The fourth-order valence-electron chi connectivity index (χ4n) is 3.42. The van der Waals surface area contributed by atoms with Crippen LogP contribution in [0.2, 0.25) is 0 Å². The van der Waals surface area contributed by atoms with Crippen molar-refractivity contribution in [3.63, 3.8) is 0 Å². The smallest absolute Gasteiger partial charge is 0.326 e. The molecule has 0 aliphatic rings. The Labute approximate surface area is 210 Å². The first-order valence-electron chi connectivity index (χ1n) is 11.8. The molecule has 12 heteroatoms. The Hall–Kier alpha value is -3.51. The van der Waals surface area contributed by atoms with Crippen LogP contribution in [0.15, 0.2) is 30.3 Å². The predicted octanol–water partition coefficient (Wildman–Crippen LogP) is -0.645. The SMILES string of the molecule is CC(C)[C@H](NC(=O)[C@H](Cc1ccccc1)NC(=O)[C@H](CCCCN)NC(=O)[C@@H](N)CC(=O)O)C(=O)O. The normalized spacial score (nSPS) is 14.2. The number of nitrogens with one attached hydrogen (secondary N) is 3. The number of aliphatic carboxylic acids is 2. The number of carboxylic acid groups (broad SMARTS) is 2. The standard InChI is InChI=1S/C24H37N5O7/c1-14(2)20(24(35)36)29-23(34)18(12-15-8-4-3-5-9-15)28-22(33)17(10-6-7-11-25)27-21(32)16(26)13-19(30)31/h3-5,8-9,14,16-18,20H,6-7,10-13,25-26H2,1-2H3,(H,27,32)(H,28,33)(H,29,34)(H,30,31)(H,35,36)/t16-,17-,18-,20-/m0/s1. The van der Waals surface area contributed by atoms with E-state index in [1.54, 1.807) is 44.2 Å². The maximum Gasteiger partial charge on any atom is 0.326 e. The molecule has 1 aromatic carbocycles. The van der Waals surface area contributed by atoms with Gasteiger partial charge in [-0.1, -0.05) is 44.2 Å². The first-order valence-corrected chi connectivity index (χ1v) is 11.8. The minimum Gasteiger partial charge on any atom is -0.481 e. The summed E-state index contributed by atoms with van der Waals surface area (Å²) in [5.41, 5.74) is 11.9. The Balaban J connectivity index is 3.11. The molecule has 0 bridgehead atoms. The van der Waals surface area contributed by atoms with Gasteiger partial charge in [0, 0.05) is 6.42 Å². The molecule has 0 radical (unpaired) electrons. The van der Waals surface area contributed by atoms with E-state index in [0.29, 0.717) is 19.4 Å². The average molecular weight is 508 g/mol. The molecule has 3 amide bonds. The highest BCUT2D eigenvalue weighted by molar-refractivity contribution is 5.94. The van der Waals surface area contributed by atoms with Gasteiger partial charge in [0.25, 0.3) is 0 Å². The molecule has 1 aromatic rings. The third-order valence-electron chi connectivity index (χ3n) is 5.46. The molecule has 12 nitrogen and oxygen atoms in total. The molecule has 0 aliphatic carbocycles. The summed E-state index contributed by atoms with van der Waals surface area (Å²) in [5, 5.41) is 25.9. The second kappa shape index (κ2) is 15.5. The quantitative estimate of drug-likeness (QED) is 0.141. The van der Waals surface area contributed by atoms with Crippen molar-refractivity contribution in [1.82, 2.24) is 16.0 Å². The van der Waals surface area contributed by atoms with Crippen molar-refractivity contribution in [2.45, 2.75) is 70.1 Å². The summed E-state index contributed by atoms with van der Waals surface area (Å²) in [6.45, 7) is 3.66. The van der Waals surface area contributed by atoms with Crippen LogP contribution in [0, 0.1) is 5.92 Å². The number of hydrogen-bond acceptors (Lipinski definition) is 7. The van der Waals surface area contributed by atoms with Crippen molar-refractivity contribution in [2.24, 2.45) is 17.4 Å². The molecule has 200 valence electrons. The summed E-state index contributed by atoms with van der Waals surface area (Å²) >= 11 is 0. The van der Waals surface area contributed by atoms with Gasteiger partial charge in [-0.15, -0.1) is 0 Å². The maximum atomic E-state index is 13.2. The zero-order valence-corrected chi connectivity index (χ0v) is 20.6. The summed E-state index contributed by atoms with van der Waals surface area (Å²) in [6, 6.07) is 4.07. The topological polar surface area (TPSA) is 214 Å². The average Bonchev–Trinajstić information content (AvgIpc) is 2.81. The van der Waals surface area contributed by atoms with Crippen molar-refractivity contribution < 1.29 is 34.2 Å². The first-order chi connectivity index (χ1) is 17.0. The maximum absolute atomic E-state index is 13.2. The lowest BCUT2D eigenvalue weighted by Gasteiger charge is -2.26. The first kappa shape index (κ1) is 30.5. The van der Waals surface area contributed by atoms with Crippen LogP contribution >= 0.6 is 0 Å². The van der Waals surface area contributed by atoms with Gasteiger partial charge in [-0.3, -0.25) is 19.2 Å². The summed E-state index contributed by atoms with van der Waals surface area (Å²) < 4.78 is 0. The van der Waals surface area contributed by atoms with Gasteiger partial charge < -0.3 is 37.6 Å². The molecule has 1 rings (SSSR count). The number of carbonyl (C=O) groups is 5. The lowest BCUT2D eigenvalue weighted by atomic mass is 10.0. The molecule has 0 heterocycles. The Morgan fingerprint density at radius 1 is 0.861 bits per heavy atom. The number of benzene rings is 1. The van der Waals surface area contributed by atoms with Crippen molar-refractivity contribution in [2.75, 3.05) is 6.54 Å². The van der Waals surface area contributed by atoms with E-state index in [2.05, 4.69) is 16.0 Å². The highest BCUT2D eigenvalue weighted by Crippen LogP contribution is 2.09. The fraction of sp³-hybridized carbons (Fsp3) is 0.542. The fourth-order valence-corrected chi connectivity index (χ4v) is 3.42. The highest BCUT2D eigenvalue weighted by atomic mass is 16.4. The number of rotatable bonds is 16. The van der Waals surface area contributed by atoms with E-state index in [0.717, 1.165) is 5.56 Å². The number of amides is 3. The molecular formula is C24H37N5O7. The minimum absolute atomic E-state index is 0.0742. The molecular weight excluding hydrogens is 470 g/mol. The van der Waals surface area contributed by atoms with E-state index in [4.69, 9.17) is 16.6 Å². The molecule has 0 unspecified atom stereocenters. The Bertz CT molecular complexity index is 894. The van der Waals surface area contributed by atoms with Crippen LogP contribution < -0.4 is 27.4 Å². The van der Waals surface area contributed by atoms with Crippen molar-refractivity contribution in [3.8, 4) is 0 Å². The molecule has 0 aromatic heterocycles. The summed E-state index contributed by atoms with van der Waals surface area (Å²) in [7, 11) is 0. The van der Waals surface area contributed by atoms with Crippen LogP contribution in [0.3, 0.4) is 0 Å². The zero-order chi connectivity index (χ0) is 27.3. The van der Waals surface area contributed by atoms with Crippen LogP contribution in [-0.4, -0.2) is 70.6 Å². The molecule has 9 N–H and O–H groups in total. The van der Waals surface area contributed by atoms with Gasteiger partial charge in [0.05, 0.1) is 12.5 Å². The van der Waals surface area contributed by atoms with E-state index < -0.39 is 66.2 Å². The molecule has 0 saturated heterocycles. The van der Waals surface area contributed by atoms with Crippen molar-refractivity contribution in [3.05, 3.63) is 35.9 Å². The second-order valence-corrected chi connectivity index (χ2v) is 8.87. The summed E-state index contributed by atoms with van der Waals surface area (Å²) in [4.78, 5) is 61.1. The monoisotopic (exact) mass is 507 g/mol. The van der Waals surface area contributed by atoms with Gasteiger partial charge in [-0.05, 0) is 37.3 Å². The lowest BCUT2D eigenvalue weighted by molar-refractivity contribution is -0.143. The number of carboxylic acids is 2. The minimum atomic E-state index is -1.36. The van der Waals surface area contributed by atoms with Gasteiger partial charge in [-0.2, -0.15) is 0 Å². The molecule has 4 atom stereocenters. The van der Waals surface area contributed by atoms with Crippen LogP contribution in [0.1, 0.15) is 45.1 Å². The van der Waals surface area contributed by atoms with Gasteiger partial charge in [0.1, 0.15) is 18.1 Å². The Morgan fingerprint density at radius 3 is 1.97 bits per heavy atom. The highest BCUT2D eigenvalue weighted by Gasteiger charge is 2.31. The number of hydrogen-bond donors (Lipinski definition) is 7. The number of unbranched alkanes of at least 4 members (excludes halogenated alkanes) is 1. The molecule has 0 fully saturated rings. The molecule has 0 spiro atoms. The van der Waals surface area contributed by atoms with E-state index in [9.17, 15) is 29.1 Å². The van der Waals surface area contributed by atoms with Gasteiger partial charge in [0.2, 0.25) is 17.7 Å². The van der Waals surface area contributed by atoms with E-state index in [1.165, 1.54) is 0 Å². The molecule has 36 heavy (non-hydrogen) atoms. The zero-order valence-electron chi connectivity index (χ0n) is 20.6. The Morgan fingerprint density at radius 2 is 1.44 bits per heavy atom. The summed E-state index contributed by atoms with van der Waals surface area (Å²) in [5.74, 6) is -5.07. The lowest BCUT2D eigenvalue weighted by Crippen LogP contribution is -2.58. The van der Waals surface area contributed by atoms with Crippen LogP contribution in [0.4, 0.5) is 0 Å². The third kappa shape index (κ3) is 10.8. The number of carbonyl (C=O) groups excluding carboxylic acids is 3. The second-order valence-electron chi connectivity index (χ2n) is 8.87. The van der Waals surface area contributed by atoms with E-state index >= 15 is 0 Å². The molecule has 0 saturated carbocycles.